The molecule has 3 atom stereocenters. The number of H-pyrrole nitrogens is 1. The third-order valence-corrected chi connectivity index (χ3v) is 17.5. The molecule has 0 saturated heterocycles. The van der Waals surface area contributed by atoms with Crippen LogP contribution >= 0.6 is 0 Å². The Bertz CT molecular complexity index is 3890. The number of hydrazone groups is 1. The summed E-state index contributed by atoms with van der Waals surface area (Å²) in [5.41, 5.74) is 23.5. The van der Waals surface area contributed by atoms with Crippen LogP contribution in [0.3, 0.4) is 0 Å². The summed E-state index contributed by atoms with van der Waals surface area (Å²) in [4.78, 5) is 17.5. The molecule has 90 heavy (non-hydrogen) atoms. The van der Waals surface area contributed by atoms with Crippen LogP contribution in [0.2, 0.25) is 0 Å². The van der Waals surface area contributed by atoms with Gasteiger partial charge in [-0.2, -0.15) is 15.5 Å². The van der Waals surface area contributed by atoms with Gasteiger partial charge in [0.25, 0.3) is 0 Å². The van der Waals surface area contributed by atoms with Crippen LogP contribution in [0.1, 0.15) is 144 Å². The largest absolute Gasteiger partial charge is 0.487 e. The van der Waals surface area contributed by atoms with Crippen molar-refractivity contribution in [3.8, 4) is 34.7 Å². The van der Waals surface area contributed by atoms with E-state index in [2.05, 4.69) is 189 Å². The minimum absolute atomic E-state index is 0.145. The number of nitrogens with zero attached hydrogens (tertiary/aromatic N) is 7. The molecule has 0 aliphatic rings. The Morgan fingerprint density at radius 1 is 0.478 bits per heavy atom. The van der Waals surface area contributed by atoms with Crippen LogP contribution < -0.4 is 31.5 Å². The maximum absolute atomic E-state index is 9.05. The molecule has 4 aromatic heterocycles. The summed E-state index contributed by atoms with van der Waals surface area (Å²) >= 11 is 0. The van der Waals surface area contributed by atoms with E-state index in [0.717, 1.165) is 45.5 Å². The van der Waals surface area contributed by atoms with Crippen LogP contribution in [0.25, 0.3) is 11.4 Å². The maximum Gasteiger partial charge on any atom is 0.181 e. The fourth-order valence-electron chi connectivity index (χ4n) is 10.7. The summed E-state index contributed by atoms with van der Waals surface area (Å²) in [5, 5.41) is 19.9. The Kier molecular flexibility index (Phi) is 21.9. The average molecular weight is 1200 g/mol. The third kappa shape index (κ3) is 16.0. The topological polar surface area (TPSA) is 222 Å². The van der Waals surface area contributed by atoms with E-state index in [1.54, 1.807) is 18.6 Å². The van der Waals surface area contributed by atoms with Crippen molar-refractivity contribution in [3.05, 3.63) is 286 Å². The van der Waals surface area contributed by atoms with Crippen molar-refractivity contribution in [2.45, 2.75) is 118 Å². The maximum atomic E-state index is 9.05. The lowest BCUT2D eigenvalue weighted by Crippen LogP contribution is -2.30. The molecule has 3 unspecified atom stereocenters. The predicted octanol–water partition coefficient (Wildman–Crippen LogP) is 15.3. The highest BCUT2D eigenvalue weighted by Gasteiger charge is 2.35. The molecule has 4 heterocycles. The highest BCUT2D eigenvalue weighted by atomic mass is 16.5. The van der Waals surface area contributed by atoms with E-state index in [4.69, 9.17) is 36.8 Å². The Morgan fingerprint density at radius 2 is 0.800 bits per heavy atom. The second kappa shape index (κ2) is 29.8. The van der Waals surface area contributed by atoms with E-state index in [9.17, 15) is 0 Å². The Hall–Kier alpha value is -9.97. The summed E-state index contributed by atoms with van der Waals surface area (Å²) in [7, 11) is 0. The average Bonchev–Trinajstić information content (AvgIpc) is 1.61. The van der Waals surface area contributed by atoms with Crippen molar-refractivity contribution in [2.75, 3.05) is 0 Å². The molecular formula is C76H85N11O3. The minimum atomic E-state index is -0.561. The summed E-state index contributed by atoms with van der Waals surface area (Å²) in [6.07, 6.45) is 5.32. The zero-order valence-electron chi connectivity index (χ0n) is 53.7. The Labute approximate surface area is 531 Å². The first-order valence-corrected chi connectivity index (χ1v) is 30.5. The van der Waals surface area contributed by atoms with Crippen LogP contribution in [0.4, 0.5) is 0 Å². The molecule has 462 valence electrons. The van der Waals surface area contributed by atoms with Gasteiger partial charge in [-0.1, -0.05) is 178 Å². The fourth-order valence-corrected chi connectivity index (χ4v) is 10.7. The quantitative estimate of drug-likeness (QED) is 0.0228. The molecule has 0 saturated carbocycles. The van der Waals surface area contributed by atoms with Gasteiger partial charge in [-0.3, -0.25) is 20.1 Å². The van der Waals surface area contributed by atoms with Gasteiger partial charge in [0, 0.05) is 46.0 Å². The van der Waals surface area contributed by atoms with Crippen LogP contribution in [0, 0.1) is 29.1 Å². The lowest BCUT2D eigenvalue weighted by atomic mass is 9.68. The molecule has 10 aromatic rings. The first-order chi connectivity index (χ1) is 43.2. The lowest BCUT2D eigenvalue weighted by Gasteiger charge is -2.35. The van der Waals surface area contributed by atoms with Gasteiger partial charge in [-0.05, 0) is 150 Å². The van der Waals surface area contributed by atoms with Gasteiger partial charge in [-0.25, -0.2) is 4.98 Å². The number of nitrogens with two attached hydrogens (primary N) is 3. The smallest absolute Gasteiger partial charge is 0.181 e. The molecule has 14 heteroatoms. The van der Waals surface area contributed by atoms with Crippen LogP contribution in [-0.4, -0.2) is 36.0 Å². The fraction of sp³-hybridized carbons (Fsp3) is 0.276. The number of amidine groups is 1. The van der Waals surface area contributed by atoms with E-state index in [1.807, 2.05) is 129 Å². The summed E-state index contributed by atoms with van der Waals surface area (Å²) in [5.74, 6) is 10.6. The number of hydrogen-bond acceptors (Lipinski definition) is 12. The molecule has 0 spiro atoms. The van der Waals surface area contributed by atoms with Crippen LogP contribution in [-0.2, 0) is 41.6 Å². The zero-order valence-corrected chi connectivity index (χ0v) is 53.7. The van der Waals surface area contributed by atoms with Gasteiger partial charge in [0.15, 0.2) is 5.82 Å². The van der Waals surface area contributed by atoms with E-state index in [1.165, 1.54) is 33.4 Å². The first-order valence-electron chi connectivity index (χ1n) is 30.5. The molecule has 0 aliphatic heterocycles. The number of nitriles is 1. The molecule has 7 N–H and O–H groups in total. The highest BCUT2D eigenvalue weighted by Crippen LogP contribution is 2.43. The Morgan fingerprint density at radius 3 is 1.08 bits per heavy atom. The number of benzene rings is 6. The second-order valence-electron chi connectivity index (χ2n) is 24.6. The molecule has 0 radical (unpaired) electrons. The van der Waals surface area contributed by atoms with Crippen molar-refractivity contribution >= 4 is 5.84 Å². The van der Waals surface area contributed by atoms with Crippen LogP contribution in [0.5, 0.6) is 17.2 Å². The normalized spacial score (nSPS) is 13.5. The van der Waals surface area contributed by atoms with Gasteiger partial charge in [0.05, 0.1) is 34.3 Å². The molecule has 14 nitrogen and oxygen atoms in total. The molecule has 0 aliphatic carbocycles. The summed E-state index contributed by atoms with van der Waals surface area (Å²) in [6, 6.07) is 69.2. The van der Waals surface area contributed by atoms with Gasteiger partial charge >= 0.3 is 0 Å². The third-order valence-electron chi connectivity index (χ3n) is 17.5. The summed E-state index contributed by atoms with van der Waals surface area (Å²) in [6.45, 7) is 25.4. The Balaban J connectivity index is 0.000000176. The second-order valence-corrected chi connectivity index (χ2v) is 24.6. The number of hydrogen-bond donors (Lipinski definition) is 4. The van der Waals surface area contributed by atoms with Gasteiger partial charge in [-0.15, -0.1) is 0 Å². The van der Waals surface area contributed by atoms with E-state index in [0.29, 0.717) is 60.6 Å². The monoisotopic (exact) mass is 1200 g/mol. The van der Waals surface area contributed by atoms with Gasteiger partial charge < -0.3 is 31.5 Å². The van der Waals surface area contributed by atoms with Crippen LogP contribution in [0.15, 0.2) is 224 Å². The molecular weight excluding hydrogens is 1110 g/mol. The molecule has 0 fully saturated rings. The lowest BCUT2D eigenvalue weighted by molar-refractivity contribution is 0.301. The first kappa shape index (κ1) is 66.0. The summed E-state index contributed by atoms with van der Waals surface area (Å²) < 4.78 is 17.7. The van der Waals surface area contributed by atoms with Crippen molar-refractivity contribution in [1.82, 2.24) is 30.1 Å². The van der Waals surface area contributed by atoms with Gasteiger partial charge in [0.2, 0.25) is 0 Å². The number of rotatable bonds is 21. The number of pyridine rings is 3. The van der Waals surface area contributed by atoms with E-state index < -0.39 is 5.54 Å². The molecule has 10 rings (SSSR count). The zero-order chi connectivity index (χ0) is 64.5. The predicted molar refractivity (Wildman–Crippen MR) is 360 cm³/mol. The molecule has 6 aromatic carbocycles. The van der Waals surface area contributed by atoms with Crippen molar-refractivity contribution in [3.63, 3.8) is 0 Å². The van der Waals surface area contributed by atoms with Gasteiger partial charge in [0.1, 0.15) is 48.7 Å². The molecule has 0 amide bonds. The standard InChI is InChI=1S/C28H33N5O.C24H28N4O.C24H24N2O/c1-19(2)28(5,22-13-15-24(16-14-22)34-18-23-8-6-7-17-30-23)21-11-9-20(10-12-21)25-31-26(33-32-25)27(3,4)29;1-17(2)24(3,19-9-7-18(8-10-19)23(25)28-26)20-11-13-22(14-12-20)29-16-21-6-4-5-15-27-21;1-18(2)24(3,20-9-7-19(16-25)8-10-20)21-11-13-23(14-12-21)27-17-22-6-4-5-15-26-22/h6-17,19H,18,29H2,1-5H3,(H,31,32,33);4-15,17H,16,26H2,1-3H3,(H2,25,28);4-15,18H,17H2,1-3H3. The SMILES string of the molecule is CC(C)C(C)(c1ccc(C#N)cc1)c1ccc(OCc2ccccn2)cc1.CC(C)C(C)(c1ccc(OCc2ccccn2)cc1)c1ccc(-c2n[nH]c(C(C)(C)N)n2)cc1.CC(C)C(C)(c1ccc(OCc2ccccn2)cc1)c1ccc(C(N)=NN)cc1. The highest BCUT2D eigenvalue weighted by molar-refractivity contribution is 5.97. The minimum Gasteiger partial charge on any atom is -0.487 e. The van der Waals surface area contributed by atoms with E-state index in [-0.39, 0.29) is 16.2 Å². The number of nitrogens with one attached hydrogen (secondary N) is 1. The number of ether oxygens (including phenoxy) is 3. The van der Waals surface area contributed by atoms with Crippen molar-refractivity contribution in [2.24, 2.45) is 40.2 Å². The molecule has 0 bridgehead atoms. The number of aromatic nitrogens is 6. The van der Waals surface area contributed by atoms with E-state index >= 15 is 0 Å². The van der Waals surface area contributed by atoms with Crippen molar-refractivity contribution < 1.29 is 14.2 Å². The number of aromatic amines is 1. The van der Waals surface area contributed by atoms with Crippen molar-refractivity contribution in [1.29, 1.82) is 5.26 Å².